The summed E-state index contributed by atoms with van der Waals surface area (Å²) in [4.78, 5) is 4.40. The number of nitrogens with one attached hydrogen (secondary N) is 1. The van der Waals surface area contributed by atoms with Gasteiger partial charge in [-0.1, -0.05) is 6.07 Å². The number of hydrogen-bond donors (Lipinski definition) is 2. The fourth-order valence-electron chi connectivity index (χ4n) is 1.92. The van der Waals surface area contributed by atoms with Gasteiger partial charge in [-0.3, -0.25) is 4.98 Å². The Kier molecular flexibility index (Phi) is 2.58. The molecule has 0 saturated heterocycles. The highest BCUT2D eigenvalue weighted by Crippen LogP contribution is 2.25. The van der Waals surface area contributed by atoms with Gasteiger partial charge in [-0.05, 0) is 30.7 Å². The smallest absolute Gasteiger partial charge is 0.241 e. The van der Waals surface area contributed by atoms with Crippen LogP contribution >= 0.6 is 0 Å². The topological polar surface area (TPSA) is 85.1 Å². The molecule has 0 bridgehead atoms. The molecule has 3 rings (SSSR count). The Morgan fingerprint density at radius 2 is 2.06 bits per heavy atom. The standard InChI is InChI=1S/C12H13N3O2S/c13-9-7-11(9)15-18(16,17)12-5-1-4-10-8(12)3-2-6-14-10/h1-6,9,11,15H,7,13H2. The zero-order chi connectivity index (χ0) is 12.8. The summed E-state index contributed by atoms with van der Waals surface area (Å²) in [5.41, 5.74) is 6.29. The Morgan fingerprint density at radius 3 is 2.78 bits per heavy atom. The average Bonchev–Trinajstić information content (AvgIpc) is 3.03. The molecule has 0 amide bonds. The van der Waals surface area contributed by atoms with Crippen LogP contribution in [0.1, 0.15) is 6.42 Å². The number of nitrogens with zero attached hydrogens (tertiary/aromatic N) is 1. The first-order valence-electron chi connectivity index (χ1n) is 5.69. The van der Waals surface area contributed by atoms with Gasteiger partial charge in [0, 0.05) is 23.7 Å². The zero-order valence-electron chi connectivity index (χ0n) is 9.58. The van der Waals surface area contributed by atoms with Crippen molar-refractivity contribution in [2.24, 2.45) is 5.73 Å². The van der Waals surface area contributed by atoms with Gasteiger partial charge in [0.25, 0.3) is 0 Å². The third-order valence-electron chi connectivity index (χ3n) is 3.04. The number of nitrogens with two attached hydrogens (primary N) is 1. The van der Waals surface area contributed by atoms with Crippen molar-refractivity contribution in [3.63, 3.8) is 0 Å². The number of benzene rings is 1. The molecule has 1 saturated carbocycles. The Bertz CT molecular complexity index is 694. The van der Waals surface area contributed by atoms with Crippen molar-refractivity contribution >= 4 is 20.9 Å². The predicted molar refractivity (Wildman–Crippen MR) is 68.4 cm³/mol. The molecule has 0 radical (unpaired) electrons. The Balaban J connectivity index is 2.08. The molecular weight excluding hydrogens is 250 g/mol. The summed E-state index contributed by atoms with van der Waals surface area (Å²) in [6.07, 6.45) is 2.34. The summed E-state index contributed by atoms with van der Waals surface area (Å²) in [5.74, 6) is 0. The quantitative estimate of drug-likeness (QED) is 0.849. The van der Waals surface area contributed by atoms with E-state index in [4.69, 9.17) is 5.73 Å². The molecular formula is C12H13N3O2S. The van der Waals surface area contributed by atoms with Crippen molar-refractivity contribution in [1.29, 1.82) is 0 Å². The van der Waals surface area contributed by atoms with Gasteiger partial charge in [-0.25, -0.2) is 13.1 Å². The first-order valence-corrected chi connectivity index (χ1v) is 7.18. The third-order valence-corrected chi connectivity index (χ3v) is 4.59. The second-order valence-electron chi connectivity index (χ2n) is 4.45. The van der Waals surface area contributed by atoms with E-state index in [2.05, 4.69) is 9.71 Å². The number of fused-ring (bicyclic) bond motifs is 1. The summed E-state index contributed by atoms with van der Waals surface area (Å²) in [7, 11) is -3.53. The summed E-state index contributed by atoms with van der Waals surface area (Å²) in [6, 6.07) is 8.34. The monoisotopic (exact) mass is 263 g/mol. The number of sulfonamides is 1. The molecule has 2 aromatic rings. The molecule has 2 atom stereocenters. The summed E-state index contributed by atoms with van der Waals surface area (Å²) in [5, 5.41) is 0.627. The zero-order valence-corrected chi connectivity index (χ0v) is 10.4. The van der Waals surface area contributed by atoms with Crippen LogP contribution in [0, 0.1) is 0 Å². The number of pyridine rings is 1. The van der Waals surface area contributed by atoms with E-state index in [0.29, 0.717) is 17.3 Å². The fraction of sp³-hybridized carbons (Fsp3) is 0.250. The first-order chi connectivity index (χ1) is 8.58. The van der Waals surface area contributed by atoms with Gasteiger partial charge in [0.1, 0.15) is 0 Å². The lowest BCUT2D eigenvalue weighted by Gasteiger charge is -2.08. The maximum Gasteiger partial charge on any atom is 0.241 e. The van der Waals surface area contributed by atoms with Crippen molar-refractivity contribution in [3.05, 3.63) is 36.5 Å². The van der Waals surface area contributed by atoms with Gasteiger partial charge in [-0.15, -0.1) is 0 Å². The van der Waals surface area contributed by atoms with E-state index in [0.717, 1.165) is 0 Å². The van der Waals surface area contributed by atoms with Crippen LogP contribution in [0.2, 0.25) is 0 Å². The van der Waals surface area contributed by atoms with Gasteiger partial charge in [-0.2, -0.15) is 0 Å². The van der Waals surface area contributed by atoms with Crippen LogP contribution in [0.4, 0.5) is 0 Å². The van der Waals surface area contributed by atoms with Crippen molar-refractivity contribution < 1.29 is 8.42 Å². The molecule has 94 valence electrons. The van der Waals surface area contributed by atoms with Crippen LogP contribution < -0.4 is 10.5 Å². The van der Waals surface area contributed by atoms with E-state index >= 15 is 0 Å². The molecule has 1 aromatic heterocycles. The van der Waals surface area contributed by atoms with E-state index < -0.39 is 10.0 Å². The number of aromatic nitrogens is 1. The van der Waals surface area contributed by atoms with Crippen molar-refractivity contribution in [2.45, 2.75) is 23.4 Å². The van der Waals surface area contributed by atoms with Gasteiger partial charge in [0.05, 0.1) is 10.4 Å². The van der Waals surface area contributed by atoms with E-state index in [-0.39, 0.29) is 17.0 Å². The minimum Gasteiger partial charge on any atom is -0.326 e. The lowest BCUT2D eigenvalue weighted by molar-refractivity contribution is 0.580. The first kappa shape index (κ1) is 11.6. The molecule has 1 heterocycles. The van der Waals surface area contributed by atoms with Crippen LogP contribution in [0.5, 0.6) is 0 Å². The molecule has 0 aliphatic heterocycles. The molecule has 1 aliphatic rings. The largest absolute Gasteiger partial charge is 0.326 e. The molecule has 2 unspecified atom stereocenters. The van der Waals surface area contributed by atoms with E-state index in [1.807, 2.05) is 0 Å². The maximum absolute atomic E-state index is 12.2. The molecule has 0 spiro atoms. The van der Waals surface area contributed by atoms with Crippen LogP contribution in [-0.2, 0) is 10.0 Å². The van der Waals surface area contributed by atoms with Gasteiger partial charge in [0.2, 0.25) is 10.0 Å². The molecule has 6 heteroatoms. The van der Waals surface area contributed by atoms with E-state index in [1.165, 1.54) is 0 Å². The van der Waals surface area contributed by atoms with Crippen molar-refractivity contribution in [2.75, 3.05) is 0 Å². The van der Waals surface area contributed by atoms with E-state index in [9.17, 15) is 8.42 Å². The Hall–Kier alpha value is -1.50. The Labute approximate surface area is 105 Å². The molecule has 1 fully saturated rings. The second-order valence-corrected chi connectivity index (χ2v) is 6.14. The maximum atomic E-state index is 12.2. The molecule has 3 N–H and O–H groups in total. The van der Waals surface area contributed by atoms with Crippen LogP contribution in [-0.4, -0.2) is 25.5 Å². The summed E-state index contributed by atoms with van der Waals surface area (Å²) < 4.78 is 27.1. The molecule has 1 aliphatic carbocycles. The highest BCUT2D eigenvalue weighted by atomic mass is 32.2. The van der Waals surface area contributed by atoms with Crippen molar-refractivity contribution in [3.8, 4) is 0 Å². The number of hydrogen-bond acceptors (Lipinski definition) is 4. The van der Waals surface area contributed by atoms with Crippen molar-refractivity contribution in [1.82, 2.24) is 9.71 Å². The van der Waals surface area contributed by atoms with Gasteiger partial charge in [0.15, 0.2) is 0 Å². The van der Waals surface area contributed by atoms with Crippen LogP contribution in [0.3, 0.4) is 0 Å². The fourth-order valence-corrected chi connectivity index (χ4v) is 3.44. The lowest BCUT2D eigenvalue weighted by Crippen LogP contribution is -2.29. The second kappa shape index (κ2) is 4.01. The van der Waals surface area contributed by atoms with Gasteiger partial charge >= 0.3 is 0 Å². The minimum atomic E-state index is -3.53. The third kappa shape index (κ3) is 1.98. The summed E-state index contributed by atoms with van der Waals surface area (Å²) >= 11 is 0. The van der Waals surface area contributed by atoms with Crippen LogP contribution in [0.25, 0.3) is 10.9 Å². The highest BCUT2D eigenvalue weighted by molar-refractivity contribution is 7.89. The summed E-state index contributed by atoms with van der Waals surface area (Å²) in [6.45, 7) is 0. The lowest BCUT2D eigenvalue weighted by atomic mass is 10.2. The van der Waals surface area contributed by atoms with Gasteiger partial charge < -0.3 is 5.73 Å². The minimum absolute atomic E-state index is 0.0622. The molecule has 18 heavy (non-hydrogen) atoms. The Morgan fingerprint density at radius 1 is 1.28 bits per heavy atom. The number of rotatable bonds is 3. The van der Waals surface area contributed by atoms with Crippen LogP contribution in [0.15, 0.2) is 41.4 Å². The molecule has 1 aromatic carbocycles. The SMILES string of the molecule is NC1CC1NS(=O)(=O)c1cccc2ncccc12. The van der Waals surface area contributed by atoms with E-state index in [1.54, 1.807) is 36.5 Å². The predicted octanol–water partition coefficient (Wildman–Crippen LogP) is 0.613. The molecule has 5 nitrogen and oxygen atoms in total. The average molecular weight is 263 g/mol. The highest BCUT2D eigenvalue weighted by Gasteiger charge is 2.37. The normalized spacial score (nSPS) is 23.2.